The molecular weight excluding hydrogens is 256 g/mol. The van der Waals surface area contributed by atoms with E-state index in [-0.39, 0.29) is 11.9 Å². The van der Waals surface area contributed by atoms with E-state index in [2.05, 4.69) is 10.6 Å². The number of carbonyl (C=O) groups is 2. The molecule has 5 heteroatoms. The van der Waals surface area contributed by atoms with E-state index in [0.717, 1.165) is 32.2 Å². The minimum Gasteiger partial charge on any atom is -0.481 e. The van der Waals surface area contributed by atoms with Crippen LogP contribution in [0.3, 0.4) is 0 Å². The first-order valence-electron chi connectivity index (χ1n) is 7.78. The summed E-state index contributed by atoms with van der Waals surface area (Å²) in [4.78, 5) is 23.4. The molecule has 1 saturated heterocycles. The molecule has 3 N–H and O–H groups in total. The fourth-order valence-electron chi connectivity index (χ4n) is 3.40. The van der Waals surface area contributed by atoms with Crippen LogP contribution in [0.4, 0.5) is 0 Å². The normalized spacial score (nSPS) is 33.9. The minimum atomic E-state index is -0.797. The first-order valence-corrected chi connectivity index (χ1v) is 7.78. The summed E-state index contributed by atoms with van der Waals surface area (Å²) in [5.41, 5.74) is -0.793. The number of piperidine rings is 1. The standard InChI is InChI=1S/C15H26N2O3/c1-15(14(19)20)9-4-6-12(15)17-13(18)8-7-11-5-2-3-10-16-11/h11-12,16H,2-10H2,1H3,(H,17,18)(H,19,20). The maximum atomic E-state index is 12.0. The summed E-state index contributed by atoms with van der Waals surface area (Å²) in [7, 11) is 0. The van der Waals surface area contributed by atoms with E-state index < -0.39 is 11.4 Å². The molecule has 0 aromatic carbocycles. The number of carboxylic acids is 1. The van der Waals surface area contributed by atoms with Crippen LogP contribution in [0.5, 0.6) is 0 Å². The smallest absolute Gasteiger partial charge is 0.311 e. The zero-order valence-corrected chi connectivity index (χ0v) is 12.3. The molecule has 0 aromatic rings. The molecule has 1 heterocycles. The molecule has 1 amide bonds. The molecule has 2 fully saturated rings. The minimum absolute atomic E-state index is 0.00301. The van der Waals surface area contributed by atoms with Crippen molar-refractivity contribution in [2.45, 2.75) is 70.4 Å². The van der Waals surface area contributed by atoms with Crippen LogP contribution in [0.2, 0.25) is 0 Å². The Labute approximate surface area is 120 Å². The van der Waals surface area contributed by atoms with Gasteiger partial charge in [-0.2, -0.15) is 0 Å². The van der Waals surface area contributed by atoms with Crippen LogP contribution in [-0.4, -0.2) is 35.6 Å². The molecule has 0 spiro atoms. The van der Waals surface area contributed by atoms with E-state index in [1.54, 1.807) is 6.92 Å². The molecule has 0 radical (unpaired) electrons. The molecule has 0 bridgehead atoms. The first kappa shape index (κ1) is 15.3. The Morgan fingerprint density at radius 3 is 2.75 bits per heavy atom. The number of hydrogen-bond acceptors (Lipinski definition) is 3. The topological polar surface area (TPSA) is 78.4 Å². The SMILES string of the molecule is CC1(C(=O)O)CCCC1NC(=O)CCC1CCCCN1. The highest BCUT2D eigenvalue weighted by Crippen LogP contribution is 2.38. The van der Waals surface area contributed by atoms with Crippen LogP contribution < -0.4 is 10.6 Å². The summed E-state index contributed by atoms with van der Waals surface area (Å²) in [6.07, 6.45) is 7.24. The van der Waals surface area contributed by atoms with Gasteiger partial charge in [-0.3, -0.25) is 9.59 Å². The van der Waals surface area contributed by atoms with Crippen molar-refractivity contribution in [2.24, 2.45) is 5.41 Å². The third-order valence-electron chi connectivity index (χ3n) is 4.91. The Morgan fingerprint density at radius 1 is 1.30 bits per heavy atom. The molecule has 5 nitrogen and oxygen atoms in total. The average Bonchev–Trinajstić information content (AvgIpc) is 2.80. The fraction of sp³-hybridized carbons (Fsp3) is 0.867. The van der Waals surface area contributed by atoms with Crippen molar-refractivity contribution in [3.8, 4) is 0 Å². The maximum absolute atomic E-state index is 12.0. The number of aliphatic carboxylic acids is 1. The summed E-state index contributed by atoms with van der Waals surface area (Å²) in [6.45, 7) is 2.79. The van der Waals surface area contributed by atoms with Gasteiger partial charge in [-0.25, -0.2) is 0 Å². The Hall–Kier alpha value is -1.10. The number of nitrogens with one attached hydrogen (secondary N) is 2. The number of carbonyl (C=O) groups excluding carboxylic acids is 1. The van der Waals surface area contributed by atoms with Gasteiger partial charge in [-0.15, -0.1) is 0 Å². The van der Waals surface area contributed by atoms with E-state index in [4.69, 9.17) is 0 Å². The van der Waals surface area contributed by atoms with Gasteiger partial charge in [0, 0.05) is 18.5 Å². The maximum Gasteiger partial charge on any atom is 0.311 e. The van der Waals surface area contributed by atoms with Gasteiger partial charge in [-0.1, -0.05) is 12.8 Å². The highest BCUT2D eigenvalue weighted by Gasteiger charge is 2.45. The van der Waals surface area contributed by atoms with Crippen molar-refractivity contribution >= 4 is 11.9 Å². The molecular formula is C15H26N2O3. The monoisotopic (exact) mass is 282 g/mol. The summed E-state index contributed by atoms with van der Waals surface area (Å²) in [5, 5.41) is 15.7. The van der Waals surface area contributed by atoms with Crippen molar-refractivity contribution in [2.75, 3.05) is 6.54 Å². The van der Waals surface area contributed by atoms with Gasteiger partial charge in [0.05, 0.1) is 5.41 Å². The molecule has 1 aliphatic carbocycles. The van der Waals surface area contributed by atoms with E-state index in [1.807, 2.05) is 0 Å². The molecule has 20 heavy (non-hydrogen) atoms. The quantitative estimate of drug-likeness (QED) is 0.716. The molecule has 114 valence electrons. The van der Waals surface area contributed by atoms with Gasteiger partial charge < -0.3 is 15.7 Å². The number of amides is 1. The van der Waals surface area contributed by atoms with Crippen molar-refractivity contribution in [1.82, 2.24) is 10.6 Å². The van der Waals surface area contributed by atoms with Crippen molar-refractivity contribution in [3.63, 3.8) is 0 Å². The number of hydrogen-bond donors (Lipinski definition) is 3. The zero-order chi connectivity index (χ0) is 14.6. The molecule has 0 aromatic heterocycles. The van der Waals surface area contributed by atoms with Gasteiger partial charge in [-0.05, 0) is 45.6 Å². The Kier molecular flexibility index (Phi) is 5.02. The fourth-order valence-corrected chi connectivity index (χ4v) is 3.40. The molecule has 1 saturated carbocycles. The first-order chi connectivity index (χ1) is 9.52. The van der Waals surface area contributed by atoms with Crippen molar-refractivity contribution < 1.29 is 14.7 Å². The van der Waals surface area contributed by atoms with Gasteiger partial charge in [0.1, 0.15) is 0 Å². The third-order valence-corrected chi connectivity index (χ3v) is 4.91. The highest BCUT2D eigenvalue weighted by molar-refractivity contribution is 5.80. The van der Waals surface area contributed by atoms with Crippen LogP contribution in [0.15, 0.2) is 0 Å². The highest BCUT2D eigenvalue weighted by atomic mass is 16.4. The second-order valence-electron chi connectivity index (χ2n) is 6.42. The Bertz CT molecular complexity index is 366. The third kappa shape index (κ3) is 3.51. The summed E-state index contributed by atoms with van der Waals surface area (Å²) in [5.74, 6) is -0.800. The molecule has 2 rings (SSSR count). The molecule has 1 aliphatic heterocycles. The lowest BCUT2D eigenvalue weighted by molar-refractivity contribution is -0.149. The number of carboxylic acid groups (broad SMARTS) is 1. The molecule has 3 atom stereocenters. The zero-order valence-electron chi connectivity index (χ0n) is 12.3. The summed E-state index contributed by atoms with van der Waals surface area (Å²) < 4.78 is 0. The number of rotatable bonds is 5. The average molecular weight is 282 g/mol. The lowest BCUT2D eigenvalue weighted by Crippen LogP contribution is -2.47. The van der Waals surface area contributed by atoms with Crippen LogP contribution in [0, 0.1) is 5.41 Å². The largest absolute Gasteiger partial charge is 0.481 e. The van der Waals surface area contributed by atoms with Gasteiger partial charge >= 0.3 is 5.97 Å². The van der Waals surface area contributed by atoms with E-state index in [0.29, 0.717) is 18.9 Å². The predicted octanol–water partition coefficient (Wildman–Crippen LogP) is 1.67. The second-order valence-corrected chi connectivity index (χ2v) is 6.42. The van der Waals surface area contributed by atoms with Crippen LogP contribution in [-0.2, 0) is 9.59 Å². The van der Waals surface area contributed by atoms with Crippen LogP contribution in [0.25, 0.3) is 0 Å². The molecule has 2 aliphatic rings. The predicted molar refractivity (Wildman–Crippen MR) is 76.4 cm³/mol. The van der Waals surface area contributed by atoms with E-state index in [9.17, 15) is 14.7 Å². The Balaban J connectivity index is 1.77. The van der Waals surface area contributed by atoms with Crippen LogP contribution >= 0.6 is 0 Å². The van der Waals surface area contributed by atoms with Gasteiger partial charge in [0.2, 0.25) is 5.91 Å². The van der Waals surface area contributed by atoms with Crippen LogP contribution in [0.1, 0.15) is 58.3 Å². The van der Waals surface area contributed by atoms with Gasteiger partial charge in [0.25, 0.3) is 0 Å². The van der Waals surface area contributed by atoms with Crippen molar-refractivity contribution in [3.05, 3.63) is 0 Å². The lowest BCUT2D eigenvalue weighted by atomic mass is 9.85. The van der Waals surface area contributed by atoms with E-state index in [1.165, 1.54) is 12.8 Å². The Morgan fingerprint density at radius 2 is 2.10 bits per heavy atom. The second kappa shape index (κ2) is 6.57. The molecule has 3 unspecified atom stereocenters. The lowest BCUT2D eigenvalue weighted by Gasteiger charge is -2.28. The van der Waals surface area contributed by atoms with Crippen molar-refractivity contribution in [1.29, 1.82) is 0 Å². The van der Waals surface area contributed by atoms with E-state index >= 15 is 0 Å². The summed E-state index contributed by atoms with van der Waals surface area (Å²) in [6, 6.07) is 0.232. The van der Waals surface area contributed by atoms with Gasteiger partial charge in [0.15, 0.2) is 0 Å². The summed E-state index contributed by atoms with van der Waals surface area (Å²) >= 11 is 0.